The highest BCUT2D eigenvalue weighted by molar-refractivity contribution is 5.98. The van der Waals surface area contributed by atoms with Crippen LogP contribution in [0.2, 0.25) is 0 Å². The molecule has 10 heteroatoms. The number of carbonyl (C=O) groups excluding carboxylic acids is 1. The average molecular weight is 497 g/mol. The number of methoxy groups -OCH3 is 3. The first-order valence-electron chi connectivity index (χ1n) is 11.7. The monoisotopic (exact) mass is 496 g/mol. The summed E-state index contributed by atoms with van der Waals surface area (Å²) in [6, 6.07) is 6.26. The van der Waals surface area contributed by atoms with E-state index in [0.29, 0.717) is 40.6 Å². The summed E-state index contributed by atoms with van der Waals surface area (Å²) in [5.74, 6) is 0.122. The molecule has 1 aliphatic rings. The highest BCUT2D eigenvalue weighted by Crippen LogP contribution is 2.37. The van der Waals surface area contributed by atoms with Crippen LogP contribution in [0.3, 0.4) is 0 Å². The zero-order chi connectivity index (χ0) is 25.8. The van der Waals surface area contributed by atoms with E-state index in [0.717, 1.165) is 25.9 Å². The van der Waals surface area contributed by atoms with E-state index in [1.165, 1.54) is 39.8 Å². The number of hydrazone groups is 1. The number of pyridine rings is 1. The Balaban J connectivity index is 1.64. The first-order chi connectivity index (χ1) is 17.4. The SMILES string of the molecule is CCn1cc(C(=O)N/N=C\c2cc(OC)c(OC)c(OC)c2)c(=O)c2cc(F)c(N3CCCC3)cc21. The van der Waals surface area contributed by atoms with Crippen molar-refractivity contribution < 1.29 is 23.4 Å². The summed E-state index contributed by atoms with van der Waals surface area (Å²) in [7, 11) is 4.49. The fourth-order valence-corrected chi connectivity index (χ4v) is 4.42. The second-order valence-electron chi connectivity index (χ2n) is 8.33. The van der Waals surface area contributed by atoms with Crippen molar-refractivity contribution in [3.63, 3.8) is 0 Å². The molecule has 1 N–H and O–H groups in total. The number of nitrogens with one attached hydrogen (secondary N) is 1. The van der Waals surface area contributed by atoms with Crippen LogP contribution in [0.5, 0.6) is 17.2 Å². The molecule has 9 nitrogen and oxygen atoms in total. The fraction of sp³-hybridized carbons (Fsp3) is 0.346. The number of benzene rings is 2. The summed E-state index contributed by atoms with van der Waals surface area (Å²) >= 11 is 0. The van der Waals surface area contributed by atoms with E-state index >= 15 is 0 Å². The zero-order valence-electron chi connectivity index (χ0n) is 20.8. The van der Waals surface area contributed by atoms with Gasteiger partial charge in [0.05, 0.1) is 38.7 Å². The average Bonchev–Trinajstić information content (AvgIpc) is 3.43. The van der Waals surface area contributed by atoms with Crippen molar-refractivity contribution in [1.29, 1.82) is 0 Å². The number of ether oxygens (including phenoxy) is 3. The molecule has 1 aromatic heterocycles. The summed E-state index contributed by atoms with van der Waals surface area (Å²) in [6.45, 7) is 3.95. The number of fused-ring (bicyclic) bond motifs is 1. The molecule has 1 aliphatic heterocycles. The second kappa shape index (κ2) is 10.7. The molecular weight excluding hydrogens is 467 g/mol. The van der Waals surface area contributed by atoms with Crippen LogP contribution in [-0.4, -0.2) is 51.1 Å². The van der Waals surface area contributed by atoms with Crippen LogP contribution in [-0.2, 0) is 6.54 Å². The molecule has 1 fully saturated rings. The minimum atomic E-state index is -0.697. The summed E-state index contributed by atoms with van der Waals surface area (Å²) in [6.07, 6.45) is 4.89. The number of aryl methyl sites for hydroxylation is 1. The molecule has 0 radical (unpaired) electrons. The van der Waals surface area contributed by atoms with Gasteiger partial charge in [0.2, 0.25) is 11.2 Å². The van der Waals surface area contributed by atoms with Crippen molar-refractivity contribution in [3.05, 3.63) is 57.6 Å². The third-order valence-corrected chi connectivity index (χ3v) is 6.25. The van der Waals surface area contributed by atoms with Gasteiger partial charge in [0.25, 0.3) is 5.91 Å². The lowest BCUT2D eigenvalue weighted by Gasteiger charge is -2.20. The highest BCUT2D eigenvalue weighted by Gasteiger charge is 2.21. The third kappa shape index (κ3) is 4.71. The maximum absolute atomic E-state index is 14.9. The molecule has 0 atom stereocenters. The van der Waals surface area contributed by atoms with Crippen LogP contribution in [0.15, 0.2) is 40.4 Å². The van der Waals surface area contributed by atoms with Gasteiger partial charge in [0.15, 0.2) is 11.5 Å². The Morgan fingerprint density at radius 2 is 1.75 bits per heavy atom. The van der Waals surface area contributed by atoms with E-state index in [2.05, 4.69) is 10.5 Å². The minimum Gasteiger partial charge on any atom is -0.493 e. The maximum atomic E-state index is 14.9. The van der Waals surface area contributed by atoms with E-state index in [1.807, 2.05) is 11.8 Å². The van der Waals surface area contributed by atoms with Gasteiger partial charge in [-0.1, -0.05) is 0 Å². The van der Waals surface area contributed by atoms with Crippen molar-refractivity contribution in [2.45, 2.75) is 26.3 Å². The van der Waals surface area contributed by atoms with Gasteiger partial charge in [-0.2, -0.15) is 5.10 Å². The topological polar surface area (TPSA) is 94.4 Å². The Labute approximate surface area is 208 Å². The first-order valence-corrected chi connectivity index (χ1v) is 11.7. The summed E-state index contributed by atoms with van der Waals surface area (Å²) < 4.78 is 32.6. The van der Waals surface area contributed by atoms with Crippen LogP contribution in [0, 0.1) is 5.82 Å². The molecule has 0 saturated carbocycles. The minimum absolute atomic E-state index is 0.125. The van der Waals surface area contributed by atoms with Crippen LogP contribution in [0.25, 0.3) is 10.9 Å². The molecule has 0 spiro atoms. The van der Waals surface area contributed by atoms with Gasteiger partial charge in [-0.3, -0.25) is 9.59 Å². The van der Waals surface area contributed by atoms with E-state index in [1.54, 1.807) is 22.8 Å². The highest BCUT2D eigenvalue weighted by atomic mass is 19.1. The molecule has 0 unspecified atom stereocenters. The predicted octanol–water partition coefficient (Wildman–Crippen LogP) is 3.55. The smallest absolute Gasteiger partial charge is 0.276 e. The predicted molar refractivity (Wildman–Crippen MR) is 136 cm³/mol. The molecule has 1 saturated heterocycles. The van der Waals surface area contributed by atoms with Crippen molar-refractivity contribution in [2.24, 2.45) is 5.10 Å². The number of hydrogen-bond acceptors (Lipinski definition) is 7. The normalized spacial score (nSPS) is 13.4. The van der Waals surface area contributed by atoms with Gasteiger partial charge in [0, 0.05) is 36.8 Å². The van der Waals surface area contributed by atoms with Crippen LogP contribution >= 0.6 is 0 Å². The fourth-order valence-electron chi connectivity index (χ4n) is 4.42. The number of halogens is 1. The maximum Gasteiger partial charge on any atom is 0.276 e. The summed E-state index contributed by atoms with van der Waals surface area (Å²) in [5, 5.41) is 4.13. The van der Waals surface area contributed by atoms with Crippen molar-refractivity contribution in [1.82, 2.24) is 9.99 Å². The van der Waals surface area contributed by atoms with Crippen LogP contribution < -0.4 is 30.0 Å². The van der Waals surface area contributed by atoms with E-state index in [9.17, 15) is 14.0 Å². The lowest BCUT2D eigenvalue weighted by molar-refractivity contribution is 0.0953. The largest absolute Gasteiger partial charge is 0.493 e. The standard InChI is InChI=1S/C26H29FN4O5/c1-5-30-15-18(24(32)17-12-19(27)21(13-20(17)30)31-8-6-7-9-31)26(33)29-28-14-16-10-22(34-2)25(36-4)23(11-16)35-3/h10-15H,5-9H2,1-4H3,(H,29,33)/b28-14-. The van der Waals surface area contributed by atoms with Gasteiger partial charge >= 0.3 is 0 Å². The van der Waals surface area contributed by atoms with Gasteiger partial charge in [0.1, 0.15) is 11.4 Å². The lowest BCUT2D eigenvalue weighted by atomic mass is 10.1. The summed E-state index contributed by atoms with van der Waals surface area (Å²) in [5.41, 5.74) is 3.34. The van der Waals surface area contributed by atoms with Gasteiger partial charge < -0.3 is 23.7 Å². The molecular formula is C26H29FN4O5. The number of aromatic nitrogens is 1. The summed E-state index contributed by atoms with van der Waals surface area (Å²) in [4.78, 5) is 28.0. The number of amides is 1. The van der Waals surface area contributed by atoms with E-state index in [4.69, 9.17) is 14.2 Å². The molecule has 0 aliphatic carbocycles. The molecule has 2 heterocycles. The Bertz CT molecular complexity index is 1350. The van der Waals surface area contributed by atoms with Crippen molar-refractivity contribution in [2.75, 3.05) is 39.3 Å². The van der Waals surface area contributed by atoms with Crippen LogP contribution in [0.1, 0.15) is 35.7 Å². The number of hydrogen-bond donors (Lipinski definition) is 1. The number of anilines is 1. The molecule has 36 heavy (non-hydrogen) atoms. The Morgan fingerprint density at radius 1 is 1.08 bits per heavy atom. The molecule has 1 amide bonds. The zero-order valence-corrected chi connectivity index (χ0v) is 20.8. The van der Waals surface area contributed by atoms with E-state index < -0.39 is 17.2 Å². The second-order valence-corrected chi connectivity index (χ2v) is 8.33. The number of carbonyl (C=O) groups is 1. The van der Waals surface area contributed by atoms with E-state index in [-0.39, 0.29) is 10.9 Å². The van der Waals surface area contributed by atoms with Crippen molar-refractivity contribution >= 4 is 28.7 Å². The number of nitrogens with zero attached hydrogens (tertiary/aromatic N) is 3. The molecule has 190 valence electrons. The quantitative estimate of drug-likeness (QED) is 0.379. The number of rotatable bonds is 8. The molecule has 3 aromatic rings. The lowest BCUT2D eigenvalue weighted by Crippen LogP contribution is -2.27. The Hall–Kier alpha value is -4.08. The van der Waals surface area contributed by atoms with Gasteiger partial charge in [-0.25, -0.2) is 9.82 Å². The third-order valence-electron chi connectivity index (χ3n) is 6.25. The van der Waals surface area contributed by atoms with Gasteiger partial charge in [-0.05, 0) is 44.0 Å². The molecule has 2 aromatic carbocycles. The van der Waals surface area contributed by atoms with Crippen LogP contribution in [0.4, 0.5) is 10.1 Å². The first kappa shape index (κ1) is 25.0. The Kier molecular flexibility index (Phi) is 7.42. The Morgan fingerprint density at radius 3 is 2.33 bits per heavy atom. The molecule has 4 rings (SSSR count). The molecule has 0 bridgehead atoms. The van der Waals surface area contributed by atoms with Crippen molar-refractivity contribution in [3.8, 4) is 17.2 Å². The van der Waals surface area contributed by atoms with Gasteiger partial charge in [-0.15, -0.1) is 0 Å².